The second-order valence-corrected chi connectivity index (χ2v) is 4.91. The van der Waals surface area contributed by atoms with Gasteiger partial charge in [-0.15, -0.1) is 0 Å². The molecule has 2 aromatic rings. The summed E-state index contributed by atoms with van der Waals surface area (Å²) in [5.41, 5.74) is 2.21. The van der Waals surface area contributed by atoms with Crippen LogP contribution in [0.1, 0.15) is 11.1 Å². The van der Waals surface area contributed by atoms with Crippen molar-refractivity contribution in [3.8, 4) is 5.75 Å². The van der Waals surface area contributed by atoms with Crippen molar-refractivity contribution in [2.24, 2.45) is 0 Å². The van der Waals surface area contributed by atoms with Crippen LogP contribution in [0.3, 0.4) is 0 Å². The number of carbonyl (C=O) groups is 1. The molecule has 0 atom stereocenters. The highest BCUT2D eigenvalue weighted by Crippen LogP contribution is 2.11. The summed E-state index contributed by atoms with van der Waals surface area (Å²) in [7, 11) is 1.65. The summed E-state index contributed by atoms with van der Waals surface area (Å²) in [4.78, 5) is 15.7. The Morgan fingerprint density at radius 1 is 1.18 bits per heavy atom. The molecule has 2 N–H and O–H groups in total. The minimum Gasteiger partial charge on any atom is -0.497 e. The van der Waals surface area contributed by atoms with E-state index in [1.165, 1.54) is 5.56 Å². The van der Waals surface area contributed by atoms with Crippen LogP contribution in [0.5, 0.6) is 5.75 Å². The molecule has 5 nitrogen and oxygen atoms in total. The van der Waals surface area contributed by atoms with Crippen molar-refractivity contribution in [2.75, 3.05) is 20.2 Å². The molecule has 5 heteroatoms. The molecule has 0 bridgehead atoms. The Hall–Kier alpha value is -2.40. The maximum Gasteiger partial charge on any atom is 0.234 e. The molecule has 1 heterocycles. The molecule has 0 radical (unpaired) electrons. The zero-order valence-corrected chi connectivity index (χ0v) is 12.7. The number of hydrogen-bond acceptors (Lipinski definition) is 4. The van der Waals surface area contributed by atoms with Gasteiger partial charge >= 0.3 is 0 Å². The molecule has 22 heavy (non-hydrogen) atoms. The molecule has 1 aromatic heterocycles. The normalized spacial score (nSPS) is 10.2. The number of hydrogen-bond donors (Lipinski definition) is 2. The number of carbonyl (C=O) groups excluding carboxylic acids is 1. The molecular weight excluding hydrogens is 278 g/mol. The zero-order valence-electron chi connectivity index (χ0n) is 12.7. The van der Waals surface area contributed by atoms with Gasteiger partial charge in [0.05, 0.1) is 13.7 Å². The van der Waals surface area contributed by atoms with Gasteiger partial charge in [0.2, 0.25) is 5.91 Å². The smallest absolute Gasteiger partial charge is 0.234 e. The van der Waals surface area contributed by atoms with Crippen LogP contribution in [-0.2, 0) is 17.8 Å². The van der Waals surface area contributed by atoms with Gasteiger partial charge in [-0.2, -0.15) is 0 Å². The van der Waals surface area contributed by atoms with Crippen molar-refractivity contribution in [1.82, 2.24) is 15.6 Å². The number of nitrogens with one attached hydrogen (secondary N) is 2. The van der Waals surface area contributed by atoms with E-state index in [1.807, 2.05) is 36.4 Å². The highest BCUT2D eigenvalue weighted by atomic mass is 16.5. The van der Waals surface area contributed by atoms with E-state index < -0.39 is 0 Å². The molecule has 1 amide bonds. The lowest BCUT2D eigenvalue weighted by atomic mass is 10.1. The first-order chi connectivity index (χ1) is 10.8. The van der Waals surface area contributed by atoms with Gasteiger partial charge in [0.15, 0.2) is 0 Å². The lowest BCUT2D eigenvalue weighted by Crippen LogP contribution is -2.34. The summed E-state index contributed by atoms with van der Waals surface area (Å²) in [6.07, 6.45) is 4.34. The fourth-order valence-corrected chi connectivity index (χ4v) is 1.99. The Balaban J connectivity index is 1.60. The summed E-state index contributed by atoms with van der Waals surface area (Å²) >= 11 is 0. The summed E-state index contributed by atoms with van der Waals surface area (Å²) in [5.74, 6) is 0.838. The predicted octanol–water partition coefficient (Wildman–Crippen LogP) is 1.54. The van der Waals surface area contributed by atoms with E-state index in [4.69, 9.17) is 4.74 Å². The van der Waals surface area contributed by atoms with Crippen LogP contribution >= 0.6 is 0 Å². The Bertz CT molecular complexity index is 570. The zero-order chi connectivity index (χ0) is 15.6. The van der Waals surface area contributed by atoms with Gasteiger partial charge in [-0.3, -0.25) is 9.78 Å². The first-order valence-electron chi connectivity index (χ1n) is 7.27. The van der Waals surface area contributed by atoms with E-state index in [-0.39, 0.29) is 5.91 Å². The molecule has 0 fully saturated rings. The maximum atomic E-state index is 11.7. The molecule has 0 aliphatic carbocycles. The predicted molar refractivity (Wildman–Crippen MR) is 85.7 cm³/mol. The van der Waals surface area contributed by atoms with Crippen LogP contribution in [0.15, 0.2) is 48.8 Å². The van der Waals surface area contributed by atoms with Gasteiger partial charge in [0.25, 0.3) is 0 Å². The van der Waals surface area contributed by atoms with Crippen LogP contribution in [-0.4, -0.2) is 31.1 Å². The minimum absolute atomic E-state index is 0.0152. The lowest BCUT2D eigenvalue weighted by Gasteiger charge is -2.07. The maximum absolute atomic E-state index is 11.7. The van der Waals surface area contributed by atoms with E-state index in [0.29, 0.717) is 13.1 Å². The van der Waals surface area contributed by atoms with Crippen molar-refractivity contribution >= 4 is 5.91 Å². The van der Waals surface area contributed by atoms with Crippen LogP contribution in [0.4, 0.5) is 0 Å². The molecule has 0 unspecified atom stereocenters. The van der Waals surface area contributed by atoms with Gasteiger partial charge in [-0.1, -0.05) is 18.2 Å². The Morgan fingerprint density at radius 3 is 2.68 bits per heavy atom. The SMILES string of the molecule is COc1ccc(CCNCC(=O)NCc2cccnc2)cc1. The Labute approximate surface area is 130 Å². The number of nitrogens with zero attached hydrogens (tertiary/aromatic N) is 1. The molecular formula is C17H21N3O2. The first kappa shape index (κ1) is 16.0. The largest absolute Gasteiger partial charge is 0.497 e. The van der Waals surface area contributed by atoms with E-state index in [1.54, 1.807) is 19.5 Å². The van der Waals surface area contributed by atoms with Crippen LogP contribution in [0, 0.1) is 0 Å². The third kappa shape index (κ3) is 5.54. The third-order valence-corrected chi connectivity index (χ3v) is 3.25. The number of rotatable bonds is 8. The van der Waals surface area contributed by atoms with Crippen molar-refractivity contribution in [2.45, 2.75) is 13.0 Å². The molecule has 0 saturated heterocycles. The Kier molecular flexibility index (Phi) is 6.39. The van der Waals surface area contributed by atoms with E-state index in [2.05, 4.69) is 15.6 Å². The topological polar surface area (TPSA) is 63.2 Å². The van der Waals surface area contributed by atoms with Crippen molar-refractivity contribution in [3.63, 3.8) is 0 Å². The standard InChI is InChI=1S/C17H21N3O2/c1-22-16-6-4-14(5-7-16)8-10-19-13-17(21)20-12-15-3-2-9-18-11-15/h2-7,9,11,19H,8,10,12-13H2,1H3,(H,20,21). The van der Waals surface area contributed by atoms with Crippen molar-refractivity contribution < 1.29 is 9.53 Å². The highest BCUT2D eigenvalue weighted by Gasteiger charge is 2.01. The molecule has 0 saturated carbocycles. The number of aromatic nitrogens is 1. The summed E-state index contributed by atoms with van der Waals surface area (Å²) in [6.45, 7) is 1.58. The summed E-state index contributed by atoms with van der Waals surface area (Å²) < 4.78 is 5.12. The first-order valence-corrected chi connectivity index (χ1v) is 7.27. The van der Waals surface area contributed by atoms with Crippen LogP contribution in [0.2, 0.25) is 0 Å². The number of ether oxygens (including phenoxy) is 1. The number of amides is 1. The molecule has 0 spiro atoms. The van der Waals surface area contributed by atoms with Crippen LogP contribution in [0.25, 0.3) is 0 Å². The number of benzene rings is 1. The molecule has 0 aliphatic rings. The molecule has 2 rings (SSSR count). The molecule has 116 valence electrons. The van der Waals surface area contributed by atoms with E-state index in [0.717, 1.165) is 24.3 Å². The van der Waals surface area contributed by atoms with Gasteiger partial charge in [0, 0.05) is 18.9 Å². The summed E-state index contributed by atoms with van der Waals surface area (Å²) in [5, 5.41) is 5.99. The van der Waals surface area contributed by atoms with Crippen molar-refractivity contribution in [3.05, 3.63) is 59.9 Å². The molecule has 1 aromatic carbocycles. The average molecular weight is 299 g/mol. The van der Waals surface area contributed by atoms with E-state index in [9.17, 15) is 4.79 Å². The highest BCUT2D eigenvalue weighted by molar-refractivity contribution is 5.77. The van der Waals surface area contributed by atoms with Crippen LogP contribution < -0.4 is 15.4 Å². The Morgan fingerprint density at radius 2 is 2.00 bits per heavy atom. The summed E-state index contributed by atoms with van der Waals surface area (Å²) in [6, 6.07) is 11.7. The van der Waals surface area contributed by atoms with Gasteiger partial charge in [-0.05, 0) is 42.3 Å². The second-order valence-electron chi connectivity index (χ2n) is 4.91. The number of methoxy groups -OCH3 is 1. The quantitative estimate of drug-likeness (QED) is 0.726. The monoisotopic (exact) mass is 299 g/mol. The van der Waals surface area contributed by atoms with E-state index >= 15 is 0 Å². The fourth-order valence-electron chi connectivity index (χ4n) is 1.99. The third-order valence-electron chi connectivity index (χ3n) is 3.25. The van der Waals surface area contributed by atoms with Gasteiger partial charge < -0.3 is 15.4 Å². The van der Waals surface area contributed by atoms with Gasteiger partial charge in [0.1, 0.15) is 5.75 Å². The lowest BCUT2D eigenvalue weighted by molar-refractivity contribution is -0.120. The molecule has 0 aliphatic heterocycles. The minimum atomic E-state index is -0.0152. The average Bonchev–Trinajstić information content (AvgIpc) is 2.58. The van der Waals surface area contributed by atoms with Crippen molar-refractivity contribution in [1.29, 1.82) is 0 Å². The van der Waals surface area contributed by atoms with Gasteiger partial charge in [-0.25, -0.2) is 0 Å². The fraction of sp³-hybridized carbons (Fsp3) is 0.294. The second kappa shape index (κ2) is 8.79. The number of pyridine rings is 1.